The van der Waals surface area contributed by atoms with Gasteiger partial charge in [-0.15, -0.1) is 11.3 Å². The first-order valence-electron chi connectivity index (χ1n) is 9.18. The van der Waals surface area contributed by atoms with Crippen molar-refractivity contribution in [3.63, 3.8) is 0 Å². The Bertz CT molecular complexity index is 1000. The minimum atomic E-state index is -0.431. The average molecular weight is 433 g/mol. The highest BCUT2D eigenvalue weighted by molar-refractivity contribution is 7.16. The minimum Gasteiger partial charge on any atom is -0.354 e. The number of nitro groups is 1. The summed E-state index contributed by atoms with van der Waals surface area (Å²) >= 11 is 1.37. The van der Waals surface area contributed by atoms with Crippen LogP contribution in [0.25, 0.3) is 21.6 Å². The second kappa shape index (κ2) is 11.8. The van der Waals surface area contributed by atoms with E-state index in [1.807, 2.05) is 19.2 Å². The van der Waals surface area contributed by atoms with E-state index in [-0.39, 0.29) is 5.69 Å². The van der Waals surface area contributed by atoms with Crippen LogP contribution in [-0.2, 0) is 9.47 Å². The second-order valence-corrected chi connectivity index (χ2v) is 6.38. The van der Waals surface area contributed by atoms with Crippen LogP contribution in [0.1, 0.15) is 13.8 Å². The maximum atomic E-state index is 10.8. The molecule has 0 spiro atoms. The summed E-state index contributed by atoms with van der Waals surface area (Å²) in [5.41, 5.74) is 2.21. The monoisotopic (exact) mass is 432 g/mol. The number of rotatable bonds is 7. The van der Waals surface area contributed by atoms with Gasteiger partial charge in [-0.1, -0.05) is 13.8 Å². The molecule has 0 unspecified atom stereocenters. The molecule has 11 heteroatoms. The molecule has 30 heavy (non-hydrogen) atoms. The van der Waals surface area contributed by atoms with Gasteiger partial charge in [-0.05, 0) is 17.7 Å². The van der Waals surface area contributed by atoms with E-state index in [1.165, 1.54) is 29.8 Å². The lowest BCUT2D eigenvalue weighted by atomic mass is 10.1. The van der Waals surface area contributed by atoms with Crippen molar-refractivity contribution >= 4 is 33.3 Å². The predicted octanol–water partition coefficient (Wildman–Crippen LogP) is 4.17. The molecular formula is C19H24N6O4S. The maximum absolute atomic E-state index is 10.8. The molecule has 0 aliphatic carbocycles. The van der Waals surface area contributed by atoms with Crippen molar-refractivity contribution in [1.82, 2.24) is 19.9 Å². The summed E-state index contributed by atoms with van der Waals surface area (Å²) in [5.74, 6) is 0.430. The van der Waals surface area contributed by atoms with Gasteiger partial charge >= 0.3 is 0 Å². The summed E-state index contributed by atoms with van der Waals surface area (Å²) in [4.78, 5) is 27.2. The van der Waals surface area contributed by atoms with Crippen LogP contribution in [0.4, 0.5) is 11.6 Å². The summed E-state index contributed by atoms with van der Waals surface area (Å²) < 4.78 is 10.3. The largest absolute Gasteiger partial charge is 0.354 e. The second-order valence-electron chi connectivity index (χ2n) is 5.52. The number of benzene rings is 1. The van der Waals surface area contributed by atoms with E-state index < -0.39 is 11.2 Å². The van der Waals surface area contributed by atoms with Crippen LogP contribution in [0.3, 0.4) is 0 Å². The Hall–Kier alpha value is -3.15. The van der Waals surface area contributed by atoms with Crippen molar-refractivity contribution in [1.29, 1.82) is 0 Å². The molecule has 1 aromatic carbocycles. The van der Waals surface area contributed by atoms with Crippen LogP contribution in [-0.4, -0.2) is 51.9 Å². The molecule has 0 saturated heterocycles. The van der Waals surface area contributed by atoms with Gasteiger partial charge in [0.15, 0.2) is 6.29 Å². The number of methoxy groups -OCH3 is 2. The molecule has 3 rings (SSSR count). The molecule has 0 aliphatic heterocycles. The van der Waals surface area contributed by atoms with E-state index in [2.05, 4.69) is 25.3 Å². The van der Waals surface area contributed by atoms with Crippen LogP contribution >= 0.6 is 11.3 Å². The Morgan fingerprint density at radius 3 is 2.53 bits per heavy atom. The van der Waals surface area contributed by atoms with E-state index in [9.17, 15) is 10.1 Å². The first kappa shape index (κ1) is 23.1. The first-order valence-corrected chi connectivity index (χ1v) is 10.1. The Morgan fingerprint density at radius 2 is 1.90 bits per heavy atom. The molecule has 0 bridgehead atoms. The van der Waals surface area contributed by atoms with E-state index in [0.29, 0.717) is 22.8 Å². The molecule has 0 fully saturated rings. The molecule has 2 N–H and O–H groups in total. The number of nitro benzene ring substituents is 1. The number of anilines is 1. The Morgan fingerprint density at radius 1 is 1.20 bits per heavy atom. The average Bonchev–Trinajstić information content (AvgIpc) is 2.77. The summed E-state index contributed by atoms with van der Waals surface area (Å²) in [5, 5.41) is 15.7. The number of H-pyrrole nitrogens is 1. The standard InChI is InChI=1S/C17H18N6O4S.C2H6/c1-26-15(27-2)8-19-17-18-7-13-16(22-17)28-9-14(21-10-20-13)11-3-5-12(6-4-11)23(24)25;1-2/h3-7,9-10,15H,8H2,1-2H3,(H,20,21)(H,18,19,22);1-2H3. The highest BCUT2D eigenvalue weighted by Crippen LogP contribution is 2.22. The summed E-state index contributed by atoms with van der Waals surface area (Å²) in [7, 11) is 3.11. The zero-order chi connectivity index (χ0) is 21.9. The van der Waals surface area contributed by atoms with Gasteiger partial charge in [0.05, 0.1) is 29.7 Å². The Balaban J connectivity index is 0.00000155. The van der Waals surface area contributed by atoms with Crippen molar-refractivity contribution in [3.05, 3.63) is 52.3 Å². The summed E-state index contributed by atoms with van der Waals surface area (Å²) in [6.45, 7) is 4.39. The lowest BCUT2D eigenvalue weighted by molar-refractivity contribution is -0.384. The normalized spacial score (nSPS) is 10.3. The van der Waals surface area contributed by atoms with Crippen molar-refractivity contribution in [3.8, 4) is 11.3 Å². The number of aromatic amines is 1. The molecule has 0 amide bonds. The van der Waals surface area contributed by atoms with Gasteiger partial charge in [0.1, 0.15) is 10.3 Å². The number of nitrogens with zero attached hydrogens (tertiary/aromatic N) is 4. The third-order valence-electron chi connectivity index (χ3n) is 3.79. The van der Waals surface area contributed by atoms with Gasteiger partial charge in [-0.2, -0.15) is 0 Å². The van der Waals surface area contributed by atoms with Gasteiger partial charge < -0.3 is 19.8 Å². The lowest BCUT2D eigenvalue weighted by Crippen LogP contribution is -2.24. The first-order chi connectivity index (χ1) is 14.6. The Kier molecular flexibility index (Phi) is 9.06. The van der Waals surface area contributed by atoms with Gasteiger partial charge in [0, 0.05) is 31.7 Å². The van der Waals surface area contributed by atoms with Crippen LogP contribution in [0.2, 0.25) is 0 Å². The molecule has 2 heterocycles. The topological polar surface area (TPSA) is 128 Å². The van der Waals surface area contributed by atoms with Gasteiger partial charge in [0.25, 0.3) is 5.69 Å². The van der Waals surface area contributed by atoms with Crippen molar-refractivity contribution in [2.45, 2.75) is 20.1 Å². The number of hydrogen-bond acceptors (Lipinski definition) is 9. The zero-order valence-electron chi connectivity index (χ0n) is 17.2. The number of nitrogens with one attached hydrogen (secondary N) is 2. The SMILES string of the molecule is CC.COC(CNc1ncc2nc[nH]c(-c3ccc([N+](=O)[O-])cc3)csc2n1)OC. The number of fused-ring (bicyclic) bond motifs is 1. The highest BCUT2D eigenvalue weighted by Gasteiger charge is 2.07. The third-order valence-corrected chi connectivity index (χ3v) is 4.67. The molecule has 160 valence electrons. The van der Waals surface area contributed by atoms with Gasteiger partial charge in [-0.25, -0.2) is 15.0 Å². The number of hydrogen-bond donors (Lipinski definition) is 2. The van der Waals surface area contributed by atoms with Crippen LogP contribution in [0.15, 0.2) is 42.2 Å². The Labute approximate surface area is 177 Å². The number of non-ortho nitro benzene ring substituents is 1. The maximum Gasteiger partial charge on any atom is 0.269 e. The fraction of sp³-hybridized carbons (Fsp3) is 0.316. The van der Waals surface area contributed by atoms with Crippen molar-refractivity contribution < 1.29 is 14.4 Å². The molecular weight excluding hydrogens is 408 g/mol. The molecule has 3 aromatic rings. The number of aromatic nitrogens is 4. The smallest absolute Gasteiger partial charge is 0.269 e. The zero-order valence-corrected chi connectivity index (χ0v) is 18.0. The van der Waals surface area contributed by atoms with E-state index in [4.69, 9.17) is 9.47 Å². The minimum absolute atomic E-state index is 0.0377. The molecule has 10 nitrogen and oxygen atoms in total. The number of ether oxygens (including phenoxy) is 2. The van der Waals surface area contributed by atoms with E-state index in [1.54, 1.807) is 32.5 Å². The third kappa shape index (κ3) is 6.17. The quantitative estimate of drug-likeness (QED) is 0.323. The van der Waals surface area contributed by atoms with Crippen LogP contribution in [0.5, 0.6) is 0 Å². The fourth-order valence-corrected chi connectivity index (χ4v) is 3.09. The van der Waals surface area contributed by atoms with Gasteiger partial charge in [0.2, 0.25) is 5.95 Å². The fourth-order valence-electron chi connectivity index (χ4n) is 2.29. The molecule has 0 atom stereocenters. The van der Waals surface area contributed by atoms with Crippen molar-refractivity contribution in [2.75, 3.05) is 26.1 Å². The van der Waals surface area contributed by atoms with E-state index in [0.717, 1.165) is 11.3 Å². The van der Waals surface area contributed by atoms with Crippen LogP contribution in [0, 0.1) is 10.1 Å². The predicted molar refractivity (Wildman–Crippen MR) is 117 cm³/mol. The lowest BCUT2D eigenvalue weighted by Gasteiger charge is -2.13. The highest BCUT2D eigenvalue weighted by atomic mass is 32.1. The van der Waals surface area contributed by atoms with E-state index >= 15 is 0 Å². The van der Waals surface area contributed by atoms with Gasteiger partial charge in [-0.3, -0.25) is 10.1 Å². The van der Waals surface area contributed by atoms with Crippen molar-refractivity contribution in [2.24, 2.45) is 0 Å². The summed E-state index contributed by atoms with van der Waals surface area (Å²) in [6.07, 6.45) is 2.75. The van der Waals surface area contributed by atoms with Crippen LogP contribution < -0.4 is 5.32 Å². The molecule has 2 aromatic heterocycles. The summed E-state index contributed by atoms with van der Waals surface area (Å²) in [6, 6.07) is 6.27. The molecule has 0 radical (unpaired) electrons. The molecule has 0 aliphatic rings. The molecule has 0 saturated carbocycles.